The van der Waals surface area contributed by atoms with Crippen LogP contribution in [0.5, 0.6) is 0 Å². The van der Waals surface area contributed by atoms with Gasteiger partial charge in [0, 0.05) is 21.8 Å². The molecule has 0 unspecified atom stereocenters. The van der Waals surface area contributed by atoms with Gasteiger partial charge < -0.3 is 0 Å². The summed E-state index contributed by atoms with van der Waals surface area (Å²) in [5.74, 6) is 0. The van der Waals surface area contributed by atoms with Crippen molar-refractivity contribution in [3.63, 3.8) is 0 Å². The third-order valence-corrected chi connectivity index (χ3v) is 3.68. The Morgan fingerprint density at radius 2 is 1.85 bits per heavy atom. The third-order valence-electron chi connectivity index (χ3n) is 3.04. The van der Waals surface area contributed by atoms with Crippen LogP contribution >= 0.6 is 15.9 Å². The van der Waals surface area contributed by atoms with E-state index < -0.39 is 0 Å². The Morgan fingerprint density at radius 1 is 1.05 bits per heavy atom. The van der Waals surface area contributed by atoms with Crippen molar-refractivity contribution in [1.29, 1.82) is 0 Å². The largest absolute Gasteiger partial charge is 0.298 e. The fourth-order valence-corrected chi connectivity index (χ4v) is 2.59. The Kier molecular flexibility index (Phi) is 3.48. The summed E-state index contributed by atoms with van der Waals surface area (Å²) in [5, 5.41) is 4.38. The van der Waals surface area contributed by atoms with Crippen molar-refractivity contribution < 1.29 is 4.79 Å². The van der Waals surface area contributed by atoms with Crippen molar-refractivity contribution in [2.75, 3.05) is 0 Å². The van der Waals surface area contributed by atoms with Gasteiger partial charge in [-0.15, -0.1) is 0 Å². The van der Waals surface area contributed by atoms with Crippen LogP contribution < -0.4 is 0 Å². The molecule has 1 heterocycles. The zero-order chi connectivity index (χ0) is 13.9. The summed E-state index contributed by atoms with van der Waals surface area (Å²) < 4.78 is 2.63. The van der Waals surface area contributed by atoms with Crippen LogP contribution in [0.25, 0.3) is 16.8 Å². The minimum absolute atomic E-state index is 0.635. The predicted octanol–water partition coefficient (Wildman–Crippen LogP) is 4.11. The first kappa shape index (κ1) is 12.8. The minimum Gasteiger partial charge on any atom is -0.298 e. The molecular weight excluding hydrogens is 316 g/mol. The van der Waals surface area contributed by atoms with Gasteiger partial charge in [-0.1, -0.05) is 30.3 Å². The number of nitrogens with zero attached hydrogens (tertiary/aromatic N) is 2. The van der Waals surface area contributed by atoms with Gasteiger partial charge in [0.15, 0.2) is 0 Å². The molecule has 0 spiro atoms. The van der Waals surface area contributed by atoms with Crippen LogP contribution in [0.1, 0.15) is 10.4 Å². The van der Waals surface area contributed by atoms with Crippen LogP contribution in [-0.4, -0.2) is 16.1 Å². The molecule has 0 saturated carbocycles. The standard InChI is InChI=1S/C16H11BrN2O/c17-15-8-12(11-20)6-7-16(15)19-10-14(9-18-19)13-4-2-1-3-5-13/h1-11H. The summed E-state index contributed by atoms with van der Waals surface area (Å²) >= 11 is 3.47. The number of benzene rings is 2. The van der Waals surface area contributed by atoms with Crippen molar-refractivity contribution in [2.24, 2.45) is 0 Å². The SMILES string of the molecule is O=Cc1ccc(-n2cc(-c3ccccc3)cn2)c(Br)c1. The number of carbonyl (C=O) groups excluding carboxylic acids is 1. The quantitative estimate of drug-likeness (QED) is 0.679. The van der Waals surface area contributed by atoms with Crippen LogP contribution in [0.4, 0.5) is 0 Å². The molecule has 0 bridgehead atoms. The monoisotopic (exact) mass is 326 g/mol. The number of halogens is 1. The van der Waals surface area contributed by atoms with E-state index in [1.807, 2.05) is 48.8 Å². The molecule has 4 heteroatoms. The van der Waals surface area contributed by atoms with E-state index in [1.54, 1.807) is 16.8 Å². The van der Waals surface area contributed by atoms with Gasteiger partial charge >= 0.3 is 0 Å². The van der Waals surface area contributed by atoms with E-state index >= 15 is 0 Å². The Morgan fingerprint density at radius 3 is 2.55 bits per heavy atom. The molecule has 2 aromatic carbocycles. The molecular formula is C16H11BrN2O. The molecule has 0 saturated heterocycles. The first-order chi connectivity index (χ1) is 9.78. The van der Waals surface area contributed by atoms with Crippen LogP contribution in [0.2, 0.25) is 0 Å². The molecule has 0 amide bonds. The molecule has 3 rings (SSSR count). The lowest BCUT2D eigenvalue weighted by molar-refractivity contribution is 0.112. The average Bonchev–Trinajstić information content (AvgIpc) is 2.97. The van der Waals surface area contributed by atoms with Gasteiger partial charge in [-0.05, 0) is 39.7 Å². The maximum absolute atomic E-state index is 10.8. The van der Waals surface area contributed by atoms with Gasteiger partial charge in [0.05, 0.1) is 11.9 Å². The van der Waals surface area contributed by atoms with Crippen molar-refractivity contribution in [3.8, 4) is 16.8 Å². The number of rotatable bonds is 3. The number of hydrogen-bond donors (Lipinski definition) is 0. The number of aldehydes is 1. The summed E-state index contributed by atoms with van der Waals surface area (Å²) in [7, 11) is 0. The minimum atomic E-state index is 0.635. The lowest BCUT2D eigenvalue weighted by Gasteiger charge is -2.04. The van der Waals surface area contributed by atoms with Crippen LogP contribution in [-0.2, 0) is 0 Å². The van der Waals surface area contributed by atoms with Crippen LogP contribution in [0.15, 0.2) is 65.4 Å². The maximum atomic E-state index is 10.8. The molecule has 0 radical (unpaired) electrons. The number of aromatic nitrogens is 2. The smallest absolute Gasteiger partial charge is 0.150 e. The normalized spacial score (nSPS) is 10.4. The summed E-state index contributed by atoms with van der Waals surface area (Å²) in [6, 6.07) is 15.5. The van der Waals surface area contributed by atoms with Crippen molar-refractivity contribution in [2.45, 2.75) is 0 Å². The zero-order valence-electron chi connectivity index (χ0n) is 10.5. The third kappa shape index (κ3) is 2.42. The predicted molar refractivity (Wildman–Crippen MR) is 82.1 cm³/mol. The van der Waals surface area contributed by atoms with Crippen molar-refractivity contribution in [1.82, 2.24) is 9.78 Å². The highest BCUT2D eigenvalue weighted by atomic mass is 79.9. The highest BCUT2D eigenvalue weighted by Gasteiger charge is 2.07. The topological polar surface area (TPSA) is 34.9 Å². The summed E-state index contributed by atoms with van der Waals surface area (Å²) in [6.07, 6.45) is 4.62. The summed E-state index contributed by atoms with van der Waals surface area (Å²) in [6.45, 7) is 0. The average molecular weight is 327 g/mol. The molecule has 0 N–H and O–H groups in total. The Balaban J connectivity index is 2.00. The molecule has 0 aliphatic rings. The number of carbonyl (C=O) groups is 1. The van der Waals surface area contributed by atoms with E-state index in [1.165, 1.54) is 0 Å². The number of hydrogen-bond acceptors (Lipinski definition) is 2. The fraction of sp³-hybridized carbons (Fsp3) is 0. The second-order valence-corrected chi connectivity index (χ2v) is 5.22. The summed E-state index contributed by atoms with van der Waals surface area (Å²) in [5.41, 5.74) is 3.71. The maximum Gasteiger partial charge on any atom is 0.150 e. The molecule has 0 atom stereocenters. The van der Waals surface area contributed by atoms with Gasteiger partial charge in [-0.2, -0.15) is 5.10 Å². The molecule has 3 nitrogen and oxygen atoms in total. The van der Waals surface area contributed by atoms with Gasteiger partial charge in [0.2, 0.25) is 0 Å². The second kappa shape index (κ2) is 5.43. The Labute approximate surface area is 125 Å². The molecule has 0 aliphatic heterocycles. The Hall–Kier alpha value is -2.20. The second-order valence-electron chi connectivity index (χ2n) is 4.37. The van der Waals surface area contributed by atoms with Gasteiger partial charge in [0.1, 0.15) is 6.29 Å². The zero-order valence-corrected chi connectivity index (χ0v) is 12.1. The molecule has 0 aliphatic carbocycles. The van der Waals surface area contributed by atoms with Gasteiger partial charge in [-0.3, -0.25) is 4.79 Å². The Bertz CT molecular complexity index is 750. The molecule has 1 aromatic heterocycles. The van der Waals surface area contributed by atoms with Crippen molar-refractivity contribution >= 4 is 22.2 Å². The molecule has 0 fully saturated rings. The van der Waals surface area contributed by atoms with E-state index in [9.17, 15) is 4.79 Å². The summed E-state index contributed by atoms with van der Waals surface area (Å²) in [4.78, 5) is 10.8. The lowest BCUT2D eigenvalue weighted by Crippen LogP contribution is -1.96. The van der Waals surface area contributed by atoms with E-state index in [2.05, 4.69) is 21.0 Å². The van der Waals surface area contributed by atoms with Crippen molar-refractivity contribution in [3.05, 3.63) is 71.0 Å². The fourth-order valence-electron chi connectivity index (χ4n) is 2.02. The van der Waals surface area contributed by atoms with Gasteiger partial charge in [0.25, 0.3) is 0 Å². The molecule has 98 valence electrons. The van der Waals surface area contributed by atoms with E-state index in [-0.39, 0.29) is 0 Å². The lowest BCUT2D eigenvalue weighted by atomic mass is 10.1. The first-order valence-corrected chi connectivity index (χ1v) is 6.92. The molecule has 3 aromatic rings. The van der Waals surface area contributed by atoms with Crippen LogP contribution in [0, 0.1) is 0 Å². The highest BCUT2D eigenvalue weighted by Crippen LogP contribution is 2.24. The van der Waals surface area contributed by atoms with Gasteiger partial charge in [-0.25, -0.2) is 4.68 Å². The van der Waals surface area contributed by atoms with E-state index in [0.29, 0.717) is 5.56 Å². The van der Waals surface area contributed by atoms with E-state index in [4.69, 9.17) is 0 Å². The highest BCUT2D eigenvalue weighted by molar-refractivity contribution is 9.10. The molecule has 20 heavy (non-hydrogen) atoms. The first-order valence-electron chi connectivity index (χ1n) is 6.13. The van der Waals surface area contributed by atoms with E-state index in [0.717, 1.165) is 27.6 Å². The van der Waals surface area contributed by atoms with Crippen LogP contribution in [0.3, 0.4) is 0 Å².